The van der Waals surface area contributed by atoms with Gasteiger partial charge in [0.15, 0.2) is 6.10 Å². The van der Waals surface area contributed by atoms with Crippen molar-refractivity contribution in [3.05, 3.63) is 41.5 Å². The van der Waals surface area contributed by atoms with Gasteiger partial charge in [0.1, 0.15) is 0 Å². The molecule has 118 valence electrons. The maximum absolute atomic E-state index is 12.2. The second kappa shape index (κ2) is 7.25. The standard InChI is InChI=1S/C18H23NO3/c1-12-9-10-16(13(2)11-12)19-17(20)14(3)22-18(21)15-7-5-4-6-8-15/h4-5,9-11,14-15H,6-8H2,1-3H3,(H,19,20)/t14-,15+/m1/s1. The van der Waals surface area contributed by atoms with Gasteiger partial charge >= 0.3 is 5.97 Å². The van der Waals surface area contributed by atoms with Crippen LogP contribution >= 0.6 is 0 Å². The molecule has 0 saturated heterocycles. The number of benzene rings is 1. The Morgan fingerprint density at radius 2 is 2.05 bits per heavy atom. The lowest BCUT2D eigenvalue weighted by Crippen LogP contribution is -2.32. The number of allylic oxidation sites excluding steroid dienone is 2. The molecule has 1 amide bonds. The molecule has 1 aromatic rings. The van der Waals surface area contributed by atoms with Crippen LogP contribution in [0.2, 0.25) is 0 Å². The van der Waals surface area contributed by atoms with E-state index in [2.05, 4.69) is 11.4 Å². The van der Waals surface area contributed by atoms with Gasteiger partial charge in [0.2, 0.25) is 0 Å². The van der Waals surface area contributed by atoms with E-state index in [4.69, 9.17) is 4.74 Å². The molecule has 1 aliphatic carbocycles. The van der Waals surface area contributed by atoms with E-state index < -0.39 is 6.10 Å². The fraction of sp³-hybridized carbons (Fsp3) is 0.444. The van der Waals surface area contributed by atoms with Gasteiger partial charge in [-0.05, 0) is 51.7 Å². The fourth-order valence-corrected chi connectivity index (χ4v) is 2.52. The first kappa shape index (κ1) is 16.3. The summed E-state index contributed by atoms with van der Waals surface area (Å²) in [5.74, 6) is -0.708. The average Bonchev–Trinajstić information content (AvgIpc) is 2.50. The first-order valence-corrected chi connectivity index (χ1v) is 7.71. The van der Waals surface area contributed by atoms with Gasteiger partial charge in [-0.1, -0.05) is 29.8 Å². The summed E-state index contributed by atoms with van der Waals surface area (Å²) in [5, 5.41) is 2.82. The second-order valence-electron chi connectivity index (χ2n) is 5.87. The zero-order chi connectivity index (χ0) is 16.1. The highest BCUT2D eigenvalue weighted by Gasteiger charge is 2.25. The molecular formula is C18H23NO3. The van der Waals surface area contributed by atoms with Crippen molar-refractivity contribution in [2.75, 3.05) is 5.32 Å². The van der Waals surface area contributed by atoms with Crippen LogP contribution in [0.25, 0.3) is 0 Å². The molecule has 22 heavy (non-hydrogen) atoms. The van der Waals surface area contributed by atoms with Crippen LogP contribution in [0.15, 0.2) is 30.4 Å². The summed E-state index contributed by atoms with van der Waals surface area (Å²) >= 11 is 0. The Hall–Kier alpha value is -2.10. The Morgan fingerprint density at radius 1 is 1.27 bits per heavy atom. The van der Waals surface area contributed by atoms with Gasteiger partial charge in [-0.3, -0.25) is 9.59 Å². The monoisotopic (exact) mass is 301 g/mol. The minimum atomic E-state index is -0.792. The zero-order valence-corrected chi connectivity index (χ0v) is 13.4. The van der Waals surface area contributed by atoms with E-state index in [9.17, 15) is 9.59 Å². The largest absolute Gasteiger partial charge is 0.452 e. The average molecular weight is 301 g/mol. The summed E-state index contributed by atoms with van der Waals surface area (Å²) in [5.41, 5.74) is 2.88. The minimum Gasteiger partial charge on any atom is -0.452 e. The van der Waals surface area contributed by atoms with Gasteiger partial charge in [-0.15, -0.1) is 0 Å². The van der Waals surface area contributed by atoms with Crippen molar-refractivity contribution in [2.45, 2.75) is 46.1 Å². The molecule has 0 radical (unpaired) electrons. The SMILES string of the molecule is Cc1ccc(NC(=O)[C@@H](C)OC(=O)[C@H]2CC=CCC2)c(C)c1. The van der Waals surface area contributed by atoms with E-state index in [1.807, 2.05) is 38.1 Å². The van der Waals surface area contributed by atoms with Crippen LogP contribution in [0, 0.1) is 19.8 Å². The molecule has 0 bridgehead atoms. The van der Waals surface area contributed by atoms with Crippen molar-refractivity contribution in [3.8, 4) is 0 Å². The van der Waals surface area contributed by atoms with Gasteiger partial charge in [0.25, 0.3) is 5.91 Å². The van der Waals surface area contributed by atoms with Gasteiger partial charge in [-0.25, -0.2) is 0 Å². The Bertz CT molecular complexity index is 592. The van der Waals surface area contributed by atoms with Crippen molar-refractivity contribution < 1.29 is 14.3 Å². The molecule has 0 aliphatic heterocycles. The number of carbonyl (C=O) groups is 2. The summed E-state index contributed by atoms with van der Waals surface area (Å²) in [4.78, 5) is 24.2. The van der Waals surface area contributed by atoms with Crippen molar-refractivity contribution in [2.24, 2.45) is 5.92 Å². The number of aryl methyl sites for hydroxylation is 2. The molecule has 0 spiro atoms. The van der Waals surface area contributed by atoms with Crippen LogP contribution in [-0.4, -0.2) is 18.0 Å². The number of carbonyl (C=O) groups excluding carboxylic acids is 2. The lowest BCUT2D eigenvalue weighted by atomic mass is 9.95. The number of esters is 1. The quantitative estimate of drug-likeness (QED) is 0.683. The molecule has 1 N–H and O–H groups in total. The number of ether oxygens (including phenoxy) is 1. The van der Waals surface area contributed by atoms with E-state index in [1.165, 1.54) is 0 Å². The van der Waals surface area contributed by atoms with Crippen LogP contribution in [0.5, 0.6) is 0 Å². The maximum Gasteiger partial charge on any atom is 0.310 e. The van der Waals surface area contributed by atoms with E-state index in [0.717, 1.165) is 29.7 Å². The number of nitrogens with one attached hydrogen (secondary N) is 1. The third-order valence-electron chi connectivity index (χ3n) is 3.90. The lowest BCUT2D eigenvalue weighted by Gasteiger charge is -2.20. The van der Waals surface area contributed by atoms with Crippen LogP contribution < -0.4 is 5.32 Å². The molecule has 2 rings (SSSR count). The molecular weight excluding hydrogens is 278 g/mol. The normalized spacial score (nSPS) is 18.6. The Morgan fingerprint density at radius 3 is 2.68 bits per heavy atom. The summed E-state index contributed by atoms with van der Waals surface area (Å²) in [6.45, 7) is 5.55. The van der Waals surface area contributed by atoms with Crippen LogP contribution in [0.1, 0.15) is 37.3 Å². The lowest BCUT2D eigenvalue weighted by molar-refractivity contribution is -0.157. The minimum absolute atomic E-state index is 0.124. The second-order valence-corrected chi connectivity index (χ2v) is 5.87. The fourth-order valence-electron chi connectivity index (χ4n) is 2.52. The predicted octanol–water partition coefficient (Wildman–Crippen LogP) is 3.53. The molecule has 1 aliphatic rings. The van der Waals surface area contributed by atoms with Gasteiger partial charge in [-0.2, -0.15) is 0 Å². The molecule has 2 atom stereocenters. The summed E-state index contributed by atoms with van der Waals surface area (Å²) in [6, 6.07) is 5.80. The number of hydrogen-bond donors (Lipinski definition) is 1. The van der Waals surface area contributed by atoms with E-state index in [-0.39, 0.29) is 17.8 Å². The third-order valence-corrected chi connectivity index (χ3v) is 3.90. The highest BCUT2D eigenvalue weighted by atomic mass is 16.5. The highest BCUT2D eigenvalue weighted by molar-refractivity contribution is 5.95. The van der Waals surface area contributed by atoms with Crippen molar-refractivity contribution in [1.82, 2.24) is 0 Å². The van der Waals surface area contributed by atoms with Crippen LogP contribution in [0.3, 0.4) is 0 Å². The first-order chi connectivity index (χ1) is 10.5. The van der Waals surface area contributed by atoms with Crippen LogP contribution in [-0.2, 0) is 14.3 Å². The topological polar surface area (TPSA) is 55.4 Å². The highest BCUT2D eigenvalue weighted by Crippen LogP contribution is 2.21. The number of anilines is 1. The molecule has 4 heteroatoms. The van der Waals surface area contributed by atoms with E-state index >= 15 is 0 Å². The summed E-state index contributed by atoms with van der Waals surface area (Å²) in [6.07, 6.45) is 5.66. The molecule has 4 nitrogen and oxygen atoms in total. The molecule has 0 fully saturated rings. The number of rotatable bonds is 4. The third kappa shape index (κ3) is 4.20. The Balaban J connectivity index is 1.91. The molecule has 0 heterocycles. The maximum atomic E-state index is 12.2. The molecule has 0 saturated carbocycles. The van der Waals surface area contributed by atoms with Gasteiger partial charge in [0, 0.05) is 5.69 Å². The number of amides is 1. The predicted molar refractivity (Wildman–Crippen MR) is 86.6 cm³/mol. The summed E-state index contributed by atoms with van der Waals surface area (Å²) in [7, 11) is 0. The van der Waals surface area contributed by atoms with Crippen molar-refractivity contribution >= 4 is 17.6 Å². The van der Waals surface area contributed by atoms with Crippen LogP contribution in [0.4, 0.5) is 5.69 Å². The van der Waals surface area contributed by atoms with E-state index in [0.29, 0.717) is 6.42 Å². The van der Waals surface area contributed by atoms with Crippen molar-refractivity contribution in [3.63, 3.8) is 0 Å². The first-order valence-electron chi connectivity index (χ1n) is 7.71. The van der Waals surface area contributed by atoms with Gasteiger partial charge < -0.3 is 10.1 Å². The molecule has 0 aromatic heterocycles. The summed E-state index contributed by atoms with van der Waals surface area (Å²) < 4.78 is 5.30. The smallest absolute Gasteiger partial charge is 0.310 e. The molecule has 0 unspecified atom stereocenters. The van der Waals surface area contributed by atoms with E-state index in [1.54, 1.807) is 6.92 Å². The van der Waals surface area contributed by atoms with Gasteiger partial charge in [0.05, 0.1) is 5.92 Å². The zero-order valence-electron chi connectivity index (χ0n) is 13.4. The number of hydrogen-bond acceptors (Lipinski definition) is 3. The Kier molecular flexibility index (Phi) is 5.36. The van der Waals surface area contributed by atoms with Crippen molar-refractivity contribution in [1.29, 1.82) is 0 Å². The molecule has 1 aromatic carbocycles. The Labute approximate surface area is 131 Å².